The van der Waals surface area contributed by atoms with Gasteiger partial charge in [0.15, 0.2) is 11.6 Å². The maximum atomic E-state index is 13.2. The molecule has 0 radical (unpaired) electrons. The third-order valence-corrected chi connectivity index (χ3v) is 7.39. The molecule has 0 spiro atoms. The molecular weight excluding hydrogens is 390 g/mol. The van der Waals surface area contributed by atoms with Gasteiger partial charge in [-0.3, -0.25) is 9.59 Å². The van der Waals surface area contributed by atoms with E-state index in [1.165, 1.54) is 0 Å². The van der Waals surface area contributed by atoms with Crippen LogP contribution in [0.4, 0.5) is 0 Å². The van der Waals surface area contributed by atoms with Crippen molar-refractivity contribution in [1.82, 2.24) is 4.98 Å². The molecule has 0 amide bonds. The predicted octanol–water partition coefficient (Wildman–Crippen LogP) is 4.75. The van der Waals surface area contributed by atoms with E-state index in [1.54, 1.807) is 6.07 Å². The SMILES string of the molecule is CCC(=O)c1cc(C(=O)CC2[C@H]3COC[C@@H]23)cc2c1OC[C@@H]2c1cccc2[nH]ccc12. The Morgan fingerprint density at radius 3 is 2.68 bits per heavy atom. The fourth-order valence-corrected chi connectivity index (χ4v) is 5.55. The second kappa shape index (κ2) is 7.06. The number of benzene rings is 2. The van der Waals surface area contributed by atoms with Gasteiger partial charge in [-0.1, -0.05) is 19.1 Å². The van der Waals surface area contributed by atoms with Gasteiger partial charge in [-0.05, 0) is 47.6 Å². The minimum atomic E-state index is -0.000591. The van der Waals surface area contributed by atoms with Crippen LogP contribution in [0, 0.1) is 17.8 Å². The van der Waals surface area contributed by atoms with Crippen molar-refractivity contribution in [2.45, 2.75) is 25.7 Å². The highest BCUT2D eigenvalue weighted by Crippen LogP contribution is 2.53. The summed E-state index contributed by atoms with van der Waals surface area (Å²) >= 11 is 0. The zero-order valence-electron chi connectivity index (χ0n) is 17.5. The lowest BCUT2D eigenvalue weighted by Crippen LogP contribution is -2.09. The summed E-state index contributed by atoms with van der Waals surface area (Å²) in [5.74, 6) is 2.30. The molecule has 1 unspecified atom stereocenters. The Bertz CT molecular complexity index is 1200. The van der Waals surface area contributed by atoms with Crippen molar-refractivity contribution in [2.24, 2.45) is 17.8 Å². The summed E-state index contributed by atoms with van der Waals surface area (Å²) in [6.45, 7) is 3.89. The van der Waals surface area contributed by atoms with Gasteiger partial charge < -0.3 is 14.5 Å². The Balaban J connectivity index is 1.40. The van der Waals surface area contributed by atoms with E-state index >= 15 is 0 Å². The topological polar surface area (TPSA) is 68.4 Å². The van der Waals surface area contributed by atoms with E-state index in [0.29, 0.717) is 54.1 Å². The van der Waals surface area contributed by atoms with Crippen LogP contribution in [0.3, 0.4) is 0 Å². The van der Waals surface area contributed by atoms with Gasteiger partial charge in [0.25, 0.3) is 0 Å². The Kier molecular flexibility index (Phi) is 4.29. The molecule has 31 heavy (non-hydrogen) atoms. The van der Waals surface area contributed by atoms with E-state index < -0.39 is 0 Å². The standard InChI is InChI=1S/C26H25NO4/c1-2-24(28)19-9-14(25(29)10-17-20-11-30-12-21(17)20)8-18-22(13-31-26(18)19)15-4-3-5-23-16(15)6-7-27-23/h3-9,17,20-22,27H,2,10-13H2,1H3/t17?,20-,21+,22-/m1/s1. The smallest absolute Gasteiger partial charge is 0.166 e. The minimum absolute atomic E-state index is 0.000591. The van der Waals surface area contributed by atoms with Crippen molar-refractivity contribution in [1.29, 1.82) is 0 Å². The number of hydrogen-bond donors (Lipinski definition) is 1. The lowest BCUT2D eigenvalue weighted by Gasteiger charge is -2.14. The average molecular weight is 415 g/mol. The zero-order valence-corrected chi connectivity index (χ0v) is 17.5. The molecule has 2 aliphatic heterocycles. The maximum Gasteiger partial charge on any atom is 0.166 e. The first-order valence-electron chi connectivity index (χ1n) is 11.2. The molecule has 1 saturated heterocycles. The zero-order chi connectivity index (χ0) is 21.1. The summed E-state index contributed by atoms with van der Waals surface area (Å²) in [6.07, 6.45) is 2.86. The second-order valence-corrected chi connectivity index (χ2v) is 9.02. The van der Waals surface area contributed by atoms with Gasteiger partial charge in [0, 0.05) is 47.0 Å². The van der Waals surface area contributed by atoms with Crippen molar-refractivity contribution in [3.8, 4) is 5.75 Å². The van der Waals surface area contributed by atoms with Gasteiger partial charge in [-0.2, -0.15) is 0 Å². The summed E-state index contributed by atoms with van der Waals surface area (Å²) < 4.78 is 11.5. The number of fused-ring (bicyclic) bond motifs is 3. The summed E-state index contributed by atoms with van der Waals surface area (Å²) in [7, 11) is 0. The molecule has 1 N–H and O–H groups in total. The summed E-state index contributed by atoms with van der Waals surface area (Å²) in [6, 6.07) is 12.0. The molecule has 1 saturated carbocycles. The Morgan fingerprint density at radius 1 is 1.03 bits per heavy atom. The second-order valence-electron chi connectivity index (χ2n) is 9.02. The molecule has 3 heterocycles. The molecule has 5 nitrogen and oxygen atoms in total. The molecule has 3 aliphatic rings. The summed E-state index contributed by atoms with van der Waals surface area (Å²) in [4.78, 5) is 29.2. The molecule has 4 atom stereocenters. The van der Waals surface area contributed by atoms with Crippen LogP contribution in [0.5, 0.6) is 5.75 Å². The van der Waals surface area contributed by atoms with Gasteiger partial charge in [0.05, 0.1) is 25.4 Å². The number of nitrogens with one attached hydrogen (secondary N) is 1. The number of carbonyl (C=O) groups is 2. The van der Waals surface area contributed by atoms with Crippen LogP contribution in [0.1, 0.15) is 57.5 Å². The third kappa shape index (κ3) is 2.94. The molecule has 3 aromatic rings. The fourth-order valence-electron chi connectivity index (χ4n) is 5.55. The van der Waals surface area contributed by atoms with Crippen molar-refractivity contribution in [3.05, 3.63) is 64.8 Å². The molecule has 5 heteroatoms. The number of ether oxygens (including phenoxy) is 2. The number of rotatable bonds is 6. The van der Waals surface area contributed by atoms with Gasteiger partial charge in [-0.25, -0.2) is 0 Å². The minimum Gasteiger partial charge on any atom is -0.492 e. The Labute approximate surface area is 180 Å². The number of H-pyrrole nitrogens is 1. The number of aromatic amines is 1. The molecule has 1 aromatic heterocycles. The van der Waals surface area contributed by atoms with E-state index in [2.05, 4.69) is 23.2 Å². The van der Waals surface area contributed by atoms with E-state index in [-0.39, 0.29) is 17.5 Å². The van der Waals surface area contributed by atoms with Gasteiger partial charge in [0.1, 0.15) is 5.75 Å². The van der Waals surface area contributed by atoms with Crippen molar-refractivity contribution in [3.63, 3.8) is 0 Å². The number of Topliss-reactive ketones (excluding diaryl/α,β-unsaturated/α-hetero) is 2. The van der Waals surface area contributed by atoms with Crippen LogP contribution >= 0.6 is 0 Å². The maximum absolute atomic E-state index is 13.2. The fraction of sp³-hybridized carbons (Fsp3) is 0.385. The quantitative estimate of drug-likeness (QED) is 0.590. The van der Waals surface area contributed by atoms with E-state index in [4.69, 9.17) is 9.47 Å². The highest BCUT2D eigenvalue weighted by atomic mass is 16.5. The van der Waals surface area contributed by atoms with E-state index in [1.807, 2.05) is 25.3 Å². The molecule has 2 aromatic carbocycles. The monoisotopic (exact) mass is 415 g/mol. The highest BCUT2D eigenvalue weighted by molar-refractivity contribution is 6.04. The third-order valence-electron chi connectivity index (χ3n) is 7.39. The average Bonchev–Trinajstić information content (AvgIpc) is 3.29. The summed E-state index contributed by atoms with van der Waals surface area (Å²) in [5, 5.41) is 1.15. The van der Waals surface area contributed by atoms with E-state index in [0.717, 1.165) is 35.2 Å². The van der Waals surface area contributed by atoms with Gasteiger partial charge >= 0.3 is 0 Å². The number of ketones is 2. The van der Waals surface area contributed by atoms with E-state index in [9.17, 15) is 9.59 Å². The number of aromatic nitrogens is 1. The van der Waals surface area contributed by atoms with Crippen LogP contribution < -0.4 is 4.74 Å². The van der Waals surface area contributed by atoms with Crippen LogP contribution in [-0.2, 0) is 4.74 Å². The van der Waals surface area contributed by atoms with Crippen LogP contribution in [0.2, 0.25) is 0 Å². The molecule has 1 aliphatic carbocycles. The van der Waals surface area contributed by atoms with Crippen molar-refractivity contribution < 1.29 is 19.1 Å². The normalized spacial score (nSPS) is 25.8. The molecule has 2 fully saturated rings. The first-order valence-corrected chi connectivity index (χ1v) is 11.2. The predicted molar refractivity (Wildman–Crippen MR) is 117 cm³/mol. The van der Waals surface area contributed by atoms with Crippen molar-refractivity contribution >= 4 is 22.5 Å². The first-order chi connectivity index (χ1) is 15.2. The molecular formula is C26H25NO4. The van der Waals surface area contributed by atoms with Gasteiger partial charge in [-0.15, -0.1) is 0 Å². The Hall–Kier alpha value is -2.92. The molecule has 0 bridgehead atoms. The number of hydrogen-bond acceptors (Lipinski definition) is 4. The molecule has 158 valence electrons. The lowest BCUT2D eigenvalue weighted by molar-refractivity contribution is 0.0951. The molecule has 6 rings (SSSR count). The van der Waals surface area contributed by atoms with Crippen LogP contribution in [0.25, 0.3) is 10.9 Å². The number of carbonyl (C=O) groups excluding carboxylic acids is 2. The van der Waals surface area contributed by atoms with Crippen LogP contribution in [0.15, 0.2) is 42.6 Å². The summed E-state index contributed by atoms with van der Waals surface area (Å²) in [5.41, 5.74) is 4.37. The highest BCUT2D eigenvalue weighted by Gasteiger charge is 2.54. The van der Waals surface area contributed by atoms with Gasteiger partial charge in [0.2, 0.25) is 0 Å². The Morgan fingerprint density at radius 2 is 1.87 bits per heavy atom. The largest absolute Gasteiger partial charge is 0.492 e. The lowest BCUT2D eigenvalue weighted by atomic mass is 9.87. The first kappa shape index (κ1) is 18.8. The van der Waals surface area contributed by atoms with Crippen LogP contribution in [-0.4, -0.2) is 36.4 Å². The van der Waals surface area contributed by atoms with Crippen molar-refractivity contribution in [2.75, 3.05) is 19.8 Å².